The number of benzene rings is 4. The molecule has 1 aliphatic heterocycles. The summed E-state index contributed by atoms with van der Waals surface area (Å²) < 4.78 is 12.1. The van der Waals surface area contributed by atoms with E-state index in [2.05, 4.69) is 143 Å². The fraction of sp³-hybridized carbons (Fsp3) is 0.390. The molecule has 7 rings (SSSR count). The Balaban J connectivity index is 1.74. The lowest BCUT2D eigenvalue weighted by Crippen LogP contribution is -2.67. The Morgan fingerprint density at radius 3 is 2.16 bits per heavy atom. The molecule has 44 heavy (non-hydrogen) atoms. The van der Waals surface area contributed by atoms with Crippen LogP contribution < -0.4 is 4.57 Å². The van der Waals surface area contributed by atoms with Gasteiger partial charge in [0, 0.05) is 16.4 Å². The molecular weight excluding hydrogens is 536 g/mol. The lowest BCUT2D eigenvalue weighted by Gasteiger charge is -2.47. The first-order valence-electron chi connectivity index (χ1n) is 16.8. The fourth-order valence-electron chi connectivity index (χ4n) is 8.41. The van der Waals surface area contributed by atoms with Gasteiger partial charge in [0.05, 0.1) is 10.9 Å². The quantitative estimate of drug-likeness (QED) is 0.171. The molecule has 3 nitrogen and oxygen atoms in total. The fourth-order valence-corrected chi connectivity index (χ4v) is 8.41. The smallest absolute Gasteiger partial charge is 0.295 e. The topological polar surface area (TPSA) is 21.9 Å². The Bertz CT molecular complexity index is 2040. The van der Waals surface area contributed by atoms with Crippen LogP contribution in [0.25, 0.3) is 50.0 Å². The number of hydrogen-bond acceptors (Lipinski definition) is 1. The first kappa shape index (κ1) is 28.9. The van der Waals surface area contributed by atoms with Gasteiger partial charge >= 0.3 is 0 Å². The standard InChI is InChI=1S/C41H47N2O/c1-9-40(7)32-19-13-11-17-30(32)39-42(33-20-14-15-21-34(33)43(39)41(40,8)10-2)37-28(23-26(3)4)25-29(24-27(5)6)38-36(37)31-18-12-16-22-35(31)44-38/h11-22,25-27H,9-10,23-24H2,1-8H3/q+1. The van der Waals surface area contributed by atoms with Crippen molar-refractivity contribution in [3.8, 4) is 17.1 Å². The molecule has 1 aliphatic rings. The zero-order valence-corrected chi connectivity index (χ0v) is 27.8. The van der Waals surface area contributed by atoms with Crippen LogP contribution in [0.5, 0.6) is 0 Å². The third-order valence-corrected chi connectivity index (χ3v) is 10.9. The molecule has 226 valence electrons. The summed E-state index contributed by atoms with van der Waals surface area (Å²) in [5.74, 6) is 2.33. The van der Waals surface area contributed by atoms with E-state index >= 15 is 0 Å². The van der Waals surface area contributed by atoms with Gasteiger partial charge in [0.1, 0.15) is 22.4 Å². The second kappa shape index (κ2) is 10.4. The maximum absolute atomic E-state index is 6.80. The molecule has 0 saturated heterocycles. The number of fused-ring (bicyclic) bond motifs is 8. The van der Waals surface area contributed by atoms with E-state index in [-0.39, 0.29) is 11.0 Å². The van der Waals surface area contributed by atoms with E-state index in [1.54, 1.807) is 0 Å². The van der Waals surface area contributed by atoms with Crippen LogP contribution in [-0.2, 0) is 23.8 Å². The van der Waals surface area contributed by atoms with E-state index in [4.69, 9.17) is 4.42 Å². The molecule has 3 heterocycles. The first-order valence-corrected chi connectivity index (χ1v) is 16.8. The zero-order valence-electron chi connectivity index (χ0n) is 27.8. The number of para-hydroxylation sites is 3. The van der Waals surface area contributed by atoms with Gasteiger partial charge < -0.3 is 4.42 Å². The maximum atomic E-state index is 6.80. The molecule has 6 aromatic rings. The molecule has 4 aromatic carbocycles. The molecule has 0 saturated carbocycles. The van der Waals surface area contributed by atoms with Crippen molar-refractivity contribution in [3.63, 3.8) is 0 Å². The predicted octanol–water partition coefficient (Wildman–Crippen LogP) is 10.7. The number of furan rings is 1. The molecule has 2 atom stereocenters. The monoisotopic (exact) mass is 583 g/mol. The molecule has 0 spiro atoms. The number of hydrogen-bond donors (Lipinski definition) is 0. The van der Waals surface area contributed by atoms with Gasteiger partial charge in [0.2, 0.25) is 0 Å². The van der Waals surface area contributed by atoms with Crippen LogP contribution in [0.2, 0.25) is 0 Å². The van der Waals surface area contributed by atoms with Crippen molar-refractivity contribution in [2.75, 3.05) is 0 Å². The van der Waals surface area contributed by atoms with Crippen LogP contribution in [0, 0.1) is 11.8 Å². The number of aromatic nitrogens is 2. The van der Waals surface area contributed by atoms with Crippen molar-refractivity contribution in [2.24, 2.45) is 11.8 Å². The van der Waals surface area contributed by atoms with Gasteiger partial charge in [-0.25, -0.2) is 4.57 Å². The molecule has 3 heteroatoms. The van der Waals surface area contributed by atoms with Crippen molar-refractivity contribution < 1.29 is 8.98 Å². The average molecular weight is 584 g/mol. The van der Waals surface area contributed by atoms with Gasteiger partial charge in [-0.05, 0) is 85.9 Å². The largest absolute Gasteiger partial charge is 0.456 e. The van der Waals surface area contributed by atoms with Gasteiger partial charge in [-0.1, -0.05) is 97.0 Å². The van der Waals surface area contributed by atoms with Crippen molar-refractivity contribution >= 4 is 33.0 Å². The van der Waals surface area contributed by atoms with Gasteiger partial charge in [-0.2, -0.15) is 4.57 Å². The van der Waals surface area contributed by atoms with E-state index < -0.39 is 0 Å². The average Bonchev–Trinajstić information content (AvgIpc) is 3.57. The molecule has 0 N–H and O–H groups in total. The Morgan fingerprint density at radius 2 is 1.43 bits per heavy atom. The van der Waals surface area contributed by atoms with Crippen molar-refractivity contribution in [1.82, 2.24) is 4.57 Å². The van der Waals surface area contributed by atoms with Gasteiger partial charge in [-0.3, -0.25) is 0 Å². The van der Waals surface area contributed by atoms with Gasteiger partial charge in [0.25, 0.3) is 5.82 Å². The van der Waals surface area contributed by atoms with Crippen molar-refractivity contribution in [1.29, 1.82) is 0 Å². The minimum Gasteiger partial charge on any atom is -0.456 e. The normalized spacial score (nSPS) is 19.9. The van der Waals surface area contributed by atoms with Crippen LogP contribution in [0.3, 0.4) is 0 Å². The minimum atomic E-state index is -0.121. The summed E-state index contributed by atoms with van der Waals surface area (Å²) in [6.07, 6.45) is 4.10. The number of rotatable bonds is 7. The first-order chi connectivity index (χ1) is 21.1. The predicted molar refractivity (Wildman–Crippen MR) is 185 cm³/mol. The third-order valence-electron chi connectivity index (χ3n) is 10.9. The summed E-state index contributed by atoms with van der Waals surface area (Å²) in [4.78, 5) is 0. The second-order valence-electron chi connectivity index (χ2n) is 14.4. The van der Waals surface area contributed by atoms with E-state index in [0.29, 0.717) is 11.8 Å². The summed E-state index contributed by atoms with van der Waals surface area (Å²) in [7, 11) is 0. The van der Waals surface area contributed by atoms with Gasteiger partial charge in [0.15, 0.2) is 11.0 Å². The Labute approximate surface area is 262 Å². The van der Waals surface area contributed by atoms with E-state index in [1.165, 1.54) is 55.6 Å². The molecular formula is C41H47N2O+. The molecule has 0 aliphatic carbocycles. The van der Waals surface area contributed by atoms with Crippen LogP contribution in [0.4, 0.5) is 0 Å². The summed E-state index contributed by atoms with van der Waals surface area (Å²) in [5, 5.41) is 2.45. The second-order valence-corrected chi connectivity index (χ2v) is 14.4. The highest BCUT2D eigenvalue weighted by Gasteiger charge is 2.56. The lowest BCUT2D eigenvalue weighted by atomic mass is 9.61. The van der Waals surface area contributed by atoms with Crippen LogP contribution in [0.15, 0.2) is 83.3 Å². The van der Waals surface area contributed by atoms with Crippen molar-refractivity contribution in [3.05, 3.63) is 95.6 Å². The summed E-state index contributed by atoms with van der Waals surface area (Å²) >= 11 is 0. The Hall–Kier alpha value is -3.85. The Morgan fingerprint density at radius 1 is 0.773 bits per heavy atom. The SMILES string of the molecule is CCC1(C)c2ccccc2-c2n(-c3c(CC(C)C)cc(CC(C)C)c4oc5ccccc5c34)c3ccccc3[n+]2C1(C)CC. The van der Waals surface area contributed by atoms with Gasteiger partial charge in [-0.15, -0.1) is 0 Å². The lowest BCUT2D eigenvalue weighted by molar-refractivity contribution is -0.743. The summed E-state index contributed by atoms with van der Waals surface area (Å²) in [6, 6.07) is 29.4. The highest BCUT2D eigenvalue weighted by Crippen LogP contribution is 2.52. The van der Waals surface area contributed by atoms with E-state index in [0.717, 1.165) is 36.8 Å². The molecule has 0 bridgehead atoms. The number of nitrogens with zero attached hydrogens (tertiary/aromatic N) is 2. The third kappa shape index (κ3) is 3.90. The molecule has 0 amide bonds. The van der Waals surface area contributed by atoms with Crippen LogP contribution in [-0.4, -0.2) is 4.57 Å². The van der Waals surface area contributed by atoms with Crippen molar-refractivity contribution in [2.45, 2.75) is 92.0 Å². The van der Waals surface area contributed by atoms with E-state index in [1.807, 2.05) is 0 Å². The molecule has 2 unspecified atom stereocenters. The highest BCUT2D eigenvalue weighted by molar-refractivity contribution is 6.11. The van der Waals surface area contributed by atoms with Crippen LogP contribution in [0.1, 0.15) is 84.9 Å². The number of imidazole rings is 1. The highest BCUT2D eigenvalue weighted by atomic mass is 16.3. The molecule has 2 aromatic heterocycles. The molecule has 0 radical (unpaired) electrons. The zero-order chi connectivity index (χ0) is 31.0. The van der Waals surface area contributed by atoms with Crippen LogP contribution >= 0.6 is 0 Å². The maximum Gasteiger partial charge on any atom is 0.295 e. The van der Waals surface area contributed by atoms with E-state index in [9.17, 15) is 0 Å². The molecule has 0 fully saturated rings. The summed E-state index contributed by atoms with van der Waals surface area (Å²) in [6.45, 7) is 19.0. The summed E-state index contributed by atoms with van der Waals surface area (Å²) in [5.41, 5.74) is 11.2. The Kier molecular flexibility index (Phi) is 6.81. The minimum absolute atomic E-state index is 0.0233.